The van der Waals surface area contributed by atoms with Crippen molar-refractivity contribution in [3.8, 4) is 11.3 Å². The van der Waals surface area contributed by atoms with Gasteiger partial charge < -0.3 is 9.88 Å². The third-order valence-electron chi connectivity index (χ3n) is 7.28. The first-order chi connectivity index (χ1) is 18.6. The number of hydrogen-bond donors (Lipinski definition) is 1. The zero-order valence-corrected chi connectivity index (χ0v) is 22.3. The number of aromatic amines is 1. The van der Waals surface area contributed by atoms with Gasteiger partial charge in [-0.15, -0.1) is 11.3 Å². The Balaban J connectivity index is 1.24. The van der Waals surface area contributed by atoms with Crippen molar-refractivity contribution in [2.75, 3.05) is 26.2 Å². The van der Waals surface area contributed by atoms with E-state index in [2.05, 4.69) is 87.7 Å². The van der Waals surface area contributed by atoms with Gasteiger partial charge in [-0.25, -0.2) is 9.97 Å². The quantitative estimate of drug-likeness (QED) is 0.300. The lowest BCUT2D eigenvalue weighted by atomic mass is 10.1. The van der Waals surface area contributed by atoms with Crippen LogP contribution in [-0.4, -0.2) is 56.8 Å². The predicted molar refractivity (Wildman–Crippen MR) is 153 cm³/mol. The van der Waals surface area contributed by atoms with Crippen LogP contribution in [0.1, 0.15) is 28.1 Å². The normalized spacial score (nSPS) is 16.2. The molecule has 1 amide bonds. The zero-order valence-electron chi connectivity index (χ0n) is 21.5. The van der Waals surface area contributed by atoms with Crippen molar-refractivity contribution >= 4 is 28.0 Å². The molecule has 2 aromatic heterocycles. The number of rotatable bonds is 7. The van der Waals surface area contributed by atoms with Gasteiger partial charge in [-0.2, -0.15) is 0 Å². The number of nitrogens with zero attached hydrogens (tertiary/aromatic N) is 4. The fourth-order valence-electron chi connectivity index (χ4n) is 5.23. The van der Waals surface area contributed by atoms with Crippen LogP contribution in [0.25, 0.3) is 22.0 Å². The van der Waals surface area contributed by atoms with Crippen LogP contribution >= 0.6 is 11.3 Å². The Bertz CT molecular complexity index is 1540. The number of amides is 1. The highest BCUT2D eigenvalue weighted by Crippen LogP contribution is 2.29. The molecule has 3 aromatic carbocycles. The zero-order chi connectivity index (χ0) is 25.9. The van der Waals surface area contributed by atoms with E-state index in [1.807, 2.05) is 23.4 Å². The van der Waals surface area contributed by atoms with Gasteiger partial charge in [-0.3, -0.25) is 9.69 Å². The lowest BCUT2D eigenvalue weighted by molar-refractivity contribution is -0.135. The van der Waals surface area contributed by atoms with Gasteiger partial charge in [0.1, 0.15) is 16.9 Å². The van der Waals surface area contributed by atoms with Crippen LogP contribution in [0.3, 0.4) is 0 Å². The van der Waals surface area contributed by atoms with Gasteiger partial charge in [0.05, 0.1) is 18.3 Å². The second kappa shape index (κ2) is 10.9. The summed E-state index contributed by atoms with van der Waals surface area (Å²) >= 11 is 1.55. The summed E-state index contributed by atoms with van der Waals surface area (Å²) in [6.07, 6.45) is 3.22. The smallest absolute Gasteiger partial charge is 0.230 e. The maximum atomic E-state index is 13.5. The Morgan fingerprint density at radius 3 is 2.66 bits per heavy atom. The van der Waals surface area contributed by atoms with Crippen LogP contribution in [0.15, 0.2) is 84.4 Å². The Kier molecular flexibility index (Phi) is 7.03. The predicted octanol–water partition coefficient (Wildman–Crippen LogP) is 5.67. The third kappa shape index (κ3) is 5.39. The van der Waals surface area contributed by atoms with Crippen molar-refractivity contribution in [2.45, 2.75) is 25.8 Å². The van der Waals surface area contributed by atoms with Crippen LogP contribution in [0.2, 0.25) is 0 Å². The molecule has 6 nitrogen and oxygen atoms in total. The van der Waals surface area contributed by atoms with E-state index in [0.29, 0.717) is 13.0 Å². The summed E-state index contributed by atoms with van der Waals surface area (Å²) < 4.78 is 0. The molecule has 6 rings (SSSR count). The SMILES string of the molecule is Cc1csc(CC(=O)N2CCN(CCc3ccccc3)CC2c2ncc(-c3ccc4ccccc4c3)[nH]2)n1. The highest BCUT2D eigenvalue weighted by atomic mass is 32.1. The van der Waals surface area contributed by atoms with Gasteiger partial charge in [0.25, 0.3) is 0 Å². The van der Waals surface area contributed by atoms with Crippen LogP contribution in [0.4, 0.5) is 0 Å². The van der Waals surface area contributed by atoms with Gasteiger partial charge in [-0.05, 0) is 35.7 Å². The summed E-state index contributed by atoms with van der Waals surface area (Å²) in [5.74, 6) is 0.942. The van der Waals surface area contributed by atoms with Crippen molar-refractivity contribution in [1.82, 2.24) is 24.8 Å². The number of aromatic nitrogens is 3. The Morgan fingerprint density at radius 1 is 1.03 bits per heavy atom. The monoisotopic (exact) mass is 521 g/mol. The van der Waals surface area contributed by atoms with E-state index in [1.165, 1.54) is 16.3 Å². The fraction of sp³-hybridized carbons (Fsp3) is 0.258. The summed E-state index contributed by atoms with van der Waals surface area (Å²) in [6, 6.07) is 25.3. The molecule has 192 valence electrons. The molecule has 1 saturated heterocycles. The number of H-pyrrole nitrogens is 1. The van der Waals surface area contributed by atoms with E-state index in [4.69, 9.17) is 4.98 Å². The summed E-state index contributed by atoms with van der Waals surface area (Å²) in [4.78, 5) is 30.8. The standard InChI is InChI=1S/C31H31N5OS/c1-22-21-38-29(33-22)18-30(37)36-16-15-35(14-13-23-7-3-2-4-8-23)20-28(36)31-32-19-27(34-31)26-12-11-24-9-5-6-10-25(24)17-26/h2-12,17,19,21,28H,13-16,18,20H2,1H3,(H,32,34). The summed E-state index contributed by atoms with van der Waals surface area (Å²) in [7, 11) is 0. The Hall–Kier alpha value is -3.81. The van der Waals surface area contributed by atoms with E-state index in [-0.39, 0.29) is 11.9 Å². The van der Waals surface area contributed by atoms with Gasteiger partial charge >= 0.3 is 0 Å². The molecule has 3 heterocycles. The number of carbonyl (C=O) groups excluding carboxylic acids is 1. The Labute approximate surface area is 227 Å². The second-order valence-corrected chi connectivity index (χ2v) is 10.9. The molecule has 1 aliphatic rings. The summed E-state index contributed by atoms with van der Waals surface area (Å²) in [5.41, 5.74) is 4.36. The van der Waals surface area contributed by atoms with Crippen LogP contribution in [0, 0.1) is 6.92 Å². The molecule has 1 fully saturated rings. The maximum absolute atomic E-state index is 13.5. The number of carbonyl (C=O) groups is 1. The molecular formula is C31H31N5OS. The van der Waals surface area contributed by atoms with E-state index in [9.17, 15) is 4.79 Å². The lowest BCUT2D eigenvalue weighted by Gasteiger charge is -2.40. The highest BCUT2D eigenvalue weighted by molar-refractivity contribution is 7.09. The first-order valence-corrected chi connectivity index (χ1v) is 14.0. The largest absolute Gasteiger partial charge is 0.340 e. The molecule has 7 heteroatoms. The molecule has 0 aliphatic carbocycles. The second-order valence-electron chi connectivity index (χ2n) is 9.94. The first-order valence-electron chi connectivity index (χ1n) is 13.1. The van der Waals surface area contributed by atoms with Gasteiger partial charge in [-0.1, -0.05) is 66.7 Å². The topological polar surface area (TPSA) is 65.1 Å². The van der Waals surface area contributed by atoms with Crippen LogP contribution in [-0.2, 0) is 17.6 Å². The number of benzene rings is 3. The van der Waals surface area contributed by atoms with Crippen LogP contribution in [0.5, 0.6) is 0 Å². The van der Waals surface area contributed by atoms with Crippen LogP contribution < -0.4 is 0 Å². The van der Waals surface area contributed by atoms with Crippen molar-refractivity contribution in [2.24, 2.45) is 0 Å². The average Bonchev–Trinajstić information content (AvgIpc) is 3.61. The van der Waals surface area contributed by atoms with Crippen molar-refractivity contribution < 1.29 is 4.79 Å². The molecule has 0 radical (unpaired) electrons. The molecule has 0 spiro atoms. The molecule has 1 atom stereocenters. The molecule has 0 saturated carbocycles. The molecule has 5 aromatic rings. The van der Waals surface area contributed by atoms with Gasteiger partial charge in [0.2, 0.25) is 5.91 Å². The minimum absolute atomic E-state index is 0.107. The minimum atomic E-state index is -0.137. The van der Waals surface area contributed by atoms with Crippen molar-refractivity contribution in [3.63, 3.8) is 0 Å². The van der Waals surface area contributed by atoms with E-state index < -0.39 is 0 Å². The van der Waals surface area contributed by atoms with E-state index >= 15 is 0 Å². The third-order valence-corrected chi connectivity index (χ3v) is 8.25. The minimum Gasteiger partial charge on any atom is -0.340 e. The maximum Gasteiger partial charge on any atom is 0.230 e. The van der Waals surface area contributed by atoms with E-state index in [0.717, 1.165) is 53.8 Å². The summed E-state index contributed by atoms with van der Waals surface area (Å²) in [6.45, 7) is 5.20. The van der Waals surface area contributed by atoms with Gasteiger partial charge in [0, 0.05) is 42.8 Å². The number of aryl methyl sites for hydroxylation is 1. The highest BCUT2D eigenvalue weighted by Gasteiger charge is 2.33. The molecule has 1 unspecified atom stereocenters. The lowest BCUT2D eigenvalue weighted by Crippen LogP contribution is -2.51. The molecule has 38 heavy (non-hydrogen) atoms. The average molecular weight is 522 g/mol. The number of hydrogen-bond acceptors (Lipinski definition) is 5. The summed E-state index contributed by atoms with van der Waals surface area (Å²) in [5, 5.41) is 5.28. The number of fused-ring (bicyclic) bond motifs is 1. The number of nitrogens with one attached hydrogen (secondary N) is 1. The van der Waals surface area contributed by atoms with Crippen molar-refractivity contribution in [1.29, 1.82) is 0 Å². The fourth-order valence-corrected chi connectivity index (χ4v) is 5.99. The first kappa shape index (κ1) is 24.5. The number of imidazole rings is 1. The molecule has 1 N–H and O–H groups in total. The molecular weight excluding hydrogens is 490 g/mol. The van der Waals surface area contributed by atoms with E-state index in [1.54, 1.807) is 11.3 Å². The Morgan fingerprint density at radius 2 is 1.84 bits per heavy atom. The molecule has 1 aliphatic heterocycles. The number of thiazole rings is 1. The molecule has 0 bridgehead atoms. The number of piperazine rings is 1. The van der Waals surface area contributed by atoms with Crippen molar-refractivity contribution in [3.05, 3.63) is 106 Å². The van der Waals surface area contributed by atoms with Gasteiger partial charge in [0.15, 0.2) is 0 Å².